The van der Waals surface area contributed by atoms with Crippen molar-refractivity contribution < 1.29 is 0 Å². The number of aryl methyl sites for hydroxylation is 1. The van der Waals surface area contributed by atoms with Crippen molar-refractivity contribution in [3.8, 4) is 0 Å². The van der Waals surface area contributed by atoms with Gasteiger partial charge in [-0.05, 0) is 31.5 Å². The van der Waals surface area contributed by atoms with Crippen LogP contribution in [0, 0.1) is 0 Å². The highest BCUT2D eigenvalue weighted by molar-refractivity contribution is 14.0. The van der Waals surface area contributed by atoms with Crippen LogP contribution in [0.1, 0.15) is 56.4 Å². The van der Waals surface area contributed by atoms with Crippen LogP contribution in [0.25, 0.3) is 0 Å². The molecule has 1 aromatic carbocycles. The first-order valence-electron chi connectivity index (χ1n) is 11.4. The summed E-state index contributed by atoms with van der Waals surface area (Å²) in [7, 11) is 1.83. The second kappa shape index (κ2) is 13.7. The number of halogens is 1. The molecule has 1 aliphatic heterocycles. The molecule has 2 N–H and O–H groups in total. The molecule has 31 heavy (non-hydrogen) atoms. The summed E-state index contributed by atoms with van der Waals surface area (Å²) < 4.78 is 2.32. The largest absolute Gasteiger partial charge is 0.356 e. The van der Waals surface area contributed by atoms with Gasteiger partial charge in [0.2, 0.25) is 0 Å². The van der Waals surface area contributed by atoms with Gasteiger partial charge in [-0.1, -0.05) is 50.6 Å². The fourth-order valence-electron chi connectivity index (χ4n) is 4.23. The van der Waals surface area contributed by atoms with Gasteiger partial charge in [0.05, 0.1) is 6.04 Å². The number of nitrogens with zero attached hydrogens (tertiary/aromatic N) is 5. The van der Waals surface area contributed by atoms with E-state index in [2.05, 4.69) is 79.5 Å². The lowest BCUT2D eigenvalue weighted by Crippen LogP contribution is -2.43. The van der Waals surface area contributed by atoms with Crippen molar-refractivity contribution >= 4 is 29.9 Å². The van der Waals surface area contributed by atoms with Crippen LogP contribution in [0.3, 0.4) is 0 Å². The van der Waals surface area contributed by atoms with Crippen LogP contribution in [0.15, 0.2) is 35.3 Å². The molecule has 0 amide bonds. The molecular formula is C23H38IN7. The maximum absolute atomic E-state index is 4.43. The van der Waals surface area contributed by atoms with E-state index < -0.39 is 0 Å². The van der Waals surface area contributed by atoms with E-state index in [1.807, 2.05) is 7.05 Å². The minimum Gasteiger partial charge on any atom is -0.356 e. The van der Waals surface area contributed by atoms with Crippen molar-refractivity contribution in [2.75, 3.05) is 33.2 Å². The van der Waals surface area contributed by atoms with Crippen LogP contribution >= 0.6 is 24.0 Å². The summed E-state index contributed by atoms with van der Waals surface area (Å²) in [5, 5.41) is 15.8. The van der Waals surface area contributed by atoms with Crippen molar-refractivity contribution in [1.29, 1.82) is 0 Å². The molecule has 0 spiro atoms. The molecule has 0 radical (unpaired) electrons. The Balaban J connectivity index is 0.00000341. The third-order valence-corrected chi connectivity index (χ3v) is 5.95. The predicted octanol–water partition coefficient (Wildman–Crippen LogP) is 3.41. The van der Waals surface area contributed by atoms with Crippen molar-refractivity contribution in [2.24, 2.45) is 4.99 Å². The van der Waals surface area contributed by atoms with E-state index in [1.165, 1.54) is 24.8 Å². The van der Waals surface area contributed by atoms with Gasteiger partial charge in [-0.25, -0.2) is 0 Å². The molecule has 1 unspecified atom stereocenters. The van der Waals surface area contributed by atoms with E-state index >= 15 is 0 Å². The van der Waals surface area contributed by atoms with Gasteiger partial charge >= 0.3 is 0 Å². The zero-order valence-electron chi connectivity index (χ0n) is 19.2. The average Bonchev–Trinajstić information content (AvgIpc) is 3.01. The Morgan fingerprint density at radius 2 is 1.87 bits per heavy atom. The number of likely N-dealkylation sites (N-methyl/N-ethyl adjacent to an activating group) is 1. The summed E-state index contributed by atoms with van der Waals surface area (Å²) in [5.41, 5.74) is 1.33. The molecule has 7 nitrogen and oxygen atoms in total. The molecule has 0 saturated carbocycles. The summed E-state index contributed by atoms with van der Waals surface area (Å²) in [4.78, 5) is 6.89. The Hall–Kier alpha value is -1.68. The van der Waals surface area contributed by atoms with Gasteiger partial charge < -0.3 is 15.2 Å². The number of fused-ring (bicyclic) bond motifs is 1. The van der Waals surface area contributed by atoms with E-state index in [1.54, 1.807) is 0 Å². The summed E-state index contributed by atoms with van der Waals surface area (Å²) in [5.74, 6) is 3.06. The Morgan fingerprint density at radius 1 is 1.10 bits per heavy atom. The zero-order valence-corrected chi connectivity index (χ0v) is 21.5. The SMILES string of the molecule is CCN(CC)C(CNC(=NC)NCCc1nnc2n1CCCCC2)c1ccccc1.I. The normalized spacial score (nSPS) is 15.0. The summed E-state index contributed by atoms with van der Waals surface area (Å²) in [6.45, 7) is 9.11. The minimum atomic E-state index is 0. The lowest BCUT2D eigenvalue weighted by Gasteiger charge is -2.30. The molecule has 172 valence electrons. The van der Waals surface area contributed by atoms with E-state index in [-0.39, 0.29) is 24.0 Å². The Bertz CT molecular complexity index is 786. The number of hydrogen-bond donors (Lipinski definition) is 2. The number of aromatic nitrogens is 3. The molecule has 3 rings (SSSR count). The summed E-state index contributed by atoms with van der Waals surface area (Å²) in [6.07, 6.45) is 5.64. The van der Waals surface area contributed by atoms with Crippen LogP contribution in [0.5, 0.6) is 0 Å². The van der Waals surface area contributed by atoms with Crippen LogP contribution in [0.4, 0.5) is 0 Å². The molecule has 2 aromatic rings. The molecule has 0 saturated heterocycles. The van der Waals surface area contributed by atoms with E-state index in [9.17, 15) is 0 Å². The van der Waals surface area contributed by atoms with E-state index in [0.717, 1.165) is 63.2 Å². The van der Waals surface area contributed by atoms with Gasteiger partial charge in [0.15, 0.2) is 5.96 Å². The highest BCUT2D eigenvalue weighted by Gasteiger charge is 2.18. The second-order valence-electron chi connectivity index (χ2n) is 7.77. The molecule has 0 bridgehead atoms. The standard InChI is InChI=1S/C23H37N7.HI/c1-4-29(5-2)20(19-12-8-6-9-13-19)18-26-23(24-3)25-16-15-22-28-27-21-14-10-7-11-17-30(21)22;/h6,8-9,12-13,20H,4-5,7,10-11,14-18H2,1-3H3,(H2,24,25,26);1H. The van der Waals surface area contributed by atoms with Gasteiger partial charge in [-0.3, -0.25) is 9.89 Å². The van der Waals surface area contributed by atoms with Crippen LogP contribution in [0.2, 0.25) is 0 Å². The van der Waals surface area contributed by atoms with Crippen molar-refractivity contribution in [3.05, 3.63) is 47.5 Å². The lowest BCUT2D eigenvalue weighted by molar-refractivity contribution is 0.219. The third kappa shape index (κ3) is 7.17. The minimum absolute atomic E-state index is 0. The molecule has 1 aliphatic rings. The van der Waals surface area contributed by atoms with Crippen molar-refractivity contribution in [2.45, 2.75) is 58.5 Å². The monoisotopic (exact) mass is 539 g/mol. The van der Waals surface area contributed by atoms with E-state index in [0.29, 0.717) is 6.04 Å². The molecule has 0 aliphatic carbocycles. The first kappa shape index (κ1) is 25.6. The maximum atomic E-state index is 4.43. The fraction of sp³-hybridized carbons (Fsp3) is 0.609. The van der Waals surface area contributed by atoms with Gasteiger partial charge in [0, 0.05) is 39.5 Å². The molecule has 0 fully saturated rings. The Kier molecular flexibility index (Phi) is 11.3. The highest BCUT2D eigenvalue weighted by Crippen LogP contribution is 2.19. The van der Waals surface area contributed by atoms with Gasteiger partial charge in [0.25, 0.3) is 0 Å². The molecule has 1 aromatic heterocycles. The second-order valence-corrected chi connectivity index (χ2v) is 7.77. The molecule has 1 atom stereocenters. The maximum Gasteiger partial charge on any atom is 0.191 e. The van der Waals surface area contributed by atoms with Crippen molar-refractivity contribution in [1.82, 2.24) is 30.3 Å². The lowest BCUT2D eigenvalue weighted by atomic mass is 10.1. The smallest absolute Gasteiger partial charge is 0.191 e. The first-order chi connectivity index (χ1) is 14.8. The van der Waals surface area contributed by atoms with Gasteiger partial charge in [-0.15, -0.1) is 34.2 Å². The number of benzene rings is 1. The Morgan fingerprint density at radius 3 is 2.58 bits per heavy atom. The molecular weight excluding hydrogens is 501 g/mol. The first-order valence-corrected chi connectivity index (χ1v) is 11.4. The van der Waals surface area contributed by atoms with Crippen LogP contribution < -0.4 is 10.6 Å². The molecule has 2 heterocycles. The van der Waals surface area contributed by atoms with Crippen LogP contribution in [-0.2, 0) is 19.4 Å². The fourth-order valence-corrected chi connectivity index (χ4v) is 4.23. The average molecular weight is 540 g/mol. The zero-order chi connectivity index (χ0) is 21.2. The number of guanidine groups is 1. The van der Waals surface area contributed by atoms with Gasteiger partial charge in [0.1, 0.15) is 11.6 Å². The topological polar surface area (TPSA) is 70.4 Å². The highest BCUT2D eigenvalue weighted by atomic mass is 127. The number of nitrogens with one attached hydrogen (secondary N) is 2. The van der Waals surface area contributed by atoms with Gasteiger partial charge in [-0.2, -0.15) is 0 Å². The summed E-state index contributed by atoms with van der Waals surface area (Å²) >= 11 is 0. The summed E-state index contributed by atoms with van der Waals surface area (Å²) in [6, 6.07) is 11.0. The third-order valence-electron chi connectivity index (χ3n) is 5.95. The predicted molar refractivity (Wildman–Crippen MR) is 138 cm³/mol. The number of aliphatic imine (C=N–C) groups is 1. The van der Waals surface area contributed by atoms with Crippen LogP contribution in [-0.4, -0.2) is 58.9 Å². The number of hydrogen-bond acceptors (Lipinski definition) is 4. The Labute approximate surface area is 204 Å². The number of rotatable bonds is 9. The quantitative estimate of drug-likeness (QED) is 0.291. The van der Waals surface area contributed by atoms with Crippen molar-refractivity contribution in [3.63, 3.8) is 0 Å². The molecule has 8 heteroatoms. The van der Waals surface area contributed by atoms with E-state index in [4.69, 9.17) is 0 Å².